The minimum atomic E-state index is -0.252. The van der Waals surface area contributed by atoms with Crippen molar-refractivity contribution in [3.05, 3.63) is 11.9 Å². The summed E-state index contributed by atoms with van der Waals surface area (Å²) in [6, 6.07) is 0. The summed E-state index contributed by atoms with van der Waals surface area (Å²) in [7, 11) is 1.83. The van der Waals surface area contributed by atoms with Gasteiger partial charge in [0.15, 0.2) is 0 Å². The molecule has 0 aliphatic rings. The van der Waals surface area contributed by atoms with Crippen LogP contribution in [0.2, 0.25) is 0 Å². The Kier molecular flexibility index (Phi) is 3.60. The van der Waals surface area contributed by atoms with Crippen molar-refractivity contribution in [3.8, 4) is 0 Å². The second kappa shape index (κ2) is 4.52. The molecule has 1 aromatic heterocycles. The molecule has 1 rings (SSSR count). The number of hydrogen-bond donors (Lipinski definition) is 1. The average Bonchev–Trinajstić information content (AvgIpc) is 2.61. The molecule has 80 valence electrons. The number of hydrogen-bond acceptors (Lipinski definition) is 4. The first-order chi connectivity index (χ1) is 6.59. The molecule has 0 bridgehead atoms. The third-order valence-corrected chi connectivity index (χ3v) is 2.40. The maximum Gasteiger partial charge on any atom is 0.108 e. The van der Waals surface area contributed by atoms with E-state index in [1.54, 1.807) is 4.68 Å². The molecule has 0 saturated carbocycles. The van der Waals surface area contributed by atoms with Gasteiger partial charge in [-0.15, -0.1) is 5.10 Å². The molecular formula is C9H18N4O. The third-order valence-electron chi connectivity index (χ3n) is 2.40. The van der Waals surface area contributed by atoms with E-state index < -0.39 is 0 Å². The molecule has 0 aromatic carbocycles. The molecule has 0 aliphatic heterocycles. The van der Waals surface area contributed by atoms with Crippen molar-refractivity contribution in [3.63, 3.8) is 0 Å². The summed E-state index contributed by atoms with van der Waals surface area (Å²) < 4.78 is 7.34. The highest BCUT2D eigenvalue weighted by atomic mass is 16.5. The fourth-order valence-electron chi connectivity index (χ4n) is 1.01. The molecule has 0 amide bonds. The average molecular weight is 198 g/mol. The van der Waals surface area contributed by atoms with Gasteiger partial charge in [0.05, 0.1) is 18.4 Å². The smallest absolute Gasteiger partial charge is 0.108 e. The Hall–Kier alpha value is -0.940. The zero-order valence-corrected chi connectivity index (χ0v) is 9.03. The first kappa shape index (κ1) is 11.1. The van der Waals surface area contributed by atoms with E-state index in [-0.39, 0.29) is 5.60 Å². The minimum absolute atomic E-state index is 0.252. The summed E-state index contributed by atoms with van der Waals surface area (Å²) in [6.45, 7) is 5.05. The normalized spacial score (nSPS) is 15.4. The summed E-state index contributed by atoms with van der Waals surface area (Å²) in [6.07, 6.45) is 2.73. The van der Waals surface area contributed by atoms with Crippen LogP contribution in [-0.4, -0.2) is 27.1 Å². The van der Waals surface area contributed by atoms with Crippen LogP contribution in [0.5, 0.6) is 0 Å². The molecule has 0 fully saturated rings. The lowest BCUT2D eigenvalue weighted by Crippen LogP contribution is -2.36. The molecular weight excluding hydrogens is 180 g/mol. The summed E-state index contributed by atoms with van der Waals surface area (Å²) in [5.41, 5.74) is 6.20. The first-order valence-electron chi connectivity index (χ1n) is 4.79. The summed E-state index contributed by atoms with van der Waals surface area (Å²) in [5, 5.41) is 7.76. The lowest BCUT2D eigenvalue weighted by molar-refractivity contribution is -0.0401. The number of nitrogens with two attached hydrogens (primary N) is 1. The summed E-state index contributed by atoms with van der Waals surface area (Å²) >= 11 is 0. The maximum atomic E-state index is 5.69. The van der Waals surface area contributed by atoms with Crippen molar-refractivity contribution in [2.24, 2.45) is 12.8 Å². The molecule has 1 heterocycles. The van der Waals surface area contributed by atoms with Crippen molar-refractivity contribution in [2.45, 2.75) is 32.5 Å². The van der Waals surface area contributed by atoms with E-state index in [0.717, 1.165) is 12.1 Å². The lowest BCUT2D eigenvalue weighted by atomic mass is 10.0. The van der Waals surface area contributed by atoms with E-state index in [1.807, 2.05) is 20.2 Å². The number of aromatic nitrogens is 3. The van der Waals surface area contributed by atoms with Crippen LogP contribution in [0, 0.1) is 0 Å². The molecule has 5 nitrogen and oxygen atoms in total. The Morgan fingerprint density at radius 3 is 2.79 bits per heavy atom. The summed E-state index contributed by atoms with van der Waals surface area (Å²) in [4.78, 5) is 0. The standard InChI is InChI=1S/C9H18N4O/c1-4-9(2,7-10)14-6-8-5-13(3)12-11-8/h5H,4,6-7,10H2,1-3H3. The molecule has 5 heteroatoms. The van der Waals surface area contributed by atoms with Gasteiger partial charge in [-0.3, -0.25) is 4.68 Å². The Labute approximate surface area is 84.2 Å². The van der Waals surface area contributed by atoms with E-state index >= 15 is 0 Å². The highest BCUT2D eigenvalue weighted by Crippen LogP contribution is 2.14. The van der Waals surface area contributed by atoms with E-state index in [4.69, 9.17) is 10.5 Å². The molecule has 0 radical (unpaired) electrons. The number of rotatable bonds is 5. The fourth-order valence-corrected chi connectivity index (χ4v) is 1.01. The van der Waals surface area contributed by atoms with Crippen LogP contribution in [0.1, 0.15) is 26.0 Å². The van der Waals surface area contributed by atoms with Crippen LogP contribution in [0.3, 0.4) is 0 Å². The molecule has 1 unspecified atom stereocenters. The van der Waals surface area contributed by atoms with Crippen LogP contribution in [-0.2, 0) is 18.4 Å². The molecule has 0 saturated heterocycles. The highest BCUT2D eigenvalue weighted by molar-refractivity contribution is 4.90. The van der Waals surface area contributed by atoms with Crippen molar-refractivity contribution < 1.29 is 4.74 Å². The second-order valence-electron chi connectivity index (χ2n) is 3.68. The predicted octanol–water partition coefficient (Wildman–Crippen LogP) is 0.459. The molecule has 14 heavy (non-hydrogen) atoms. The van der Waals surface area contributed by atoms with Crippen LogP contribution in [0.4, 0.5) is 0 Å². The third kappa shape index (κ3) is 2.78. The summed E-state index contributed by atoms with van der Waals surface area (Å²) in [5.74, 6) is 0. The Morgan fingerprint density at radius 2 is 2.36 bits per heavy atom. The number of aryl methyl sites for hydroxylation is 1. The van der Waals surface area contributed by atoms with Crippen LogP contribution in [0.15, 0.2) is 6.20 Å². The van der Waals surface area contributed by atoms with E-state index in [0.29, 0.717) is 13.2 Å². The fraction of sp³-hybridized carbons (Fsp3) is 0.778. The largest absolute Gasteiger partial charge is 0.368 e. The monoisotopic (exact) mass is 198 g/mol. The lowest BCUT2D eigenvalue weighted by Gasteiger charge is -2.26. The van der Waals surface area contributed by atoms with Gasteiger partial charge in [-0.25, -0.2) is 0 Å². The van der Waals surface area contributed by atoms with Gasteiger partial charge in [-0.1, -0.05) is 12.1 Å². The maximum absolute atomic E-state index is 5.69. The SMILES string of the molecule is CCC(C)(CN)OCc1cn(C)nn1. The number of nitrogens with zero attached hydrogens (tertiary/aromatic N) is 3. The zero-order valence-electron chi connectivity index (χ0n) is 9.03. The quantitative estimate of drug-likeness (QED) is 0.746. The topological polar surface area (TPSA) is 66.0 Å². The Balaban J connectivity index is 2.47. The Morgan fingerprint density at radius 1 is 1.64 bits per heavy atom. The number of ether oxygens (including phenoxy) is 1. The Bertz CT molecular complexity index is 280. The van der Waals surface area contributed by atoms with Gasteiger partial charge in [0.1, 0.15) is 5.69 Å². The van der Waals surface area contributed by atoms with Gasteiger partial charge >= 0.3 is 0 Å². The van der Waals surface area contributed by atoms with Gasteiger partial charge in [0, 0.05) is 13.6 Å². The van der Waals surface area contributed by atoms with Crippen molar-refractivity contribution in [1.82, 2.24) is 15.0 Å². The van der Waals surface area contributed by atoms with E-state index in [2.05, 4.69) is 17.2 Å². The molecule has 1 atom stereocenters. The van der Waals surface area contributed by atoms with Crippen molar-refractivity contribution in [2.75, 3.05) is 6.54 Å². The second-order valence-corrected chi connectivity index (χ2v) is 3.68. The molecule has 2 N–H and O–H groups in total. The first-order valence-corrected chi connectivity index (χ1v) is 4.79. The van der Waals surface area contributed by atoms with Gasteiger partial charge in [0.25, 0.3) is 0 Å². The van der Waals surface area contributed by atoms with Crippen LogP contribution in [0.25, 0.3) is 0 Å². The van der Waals surface area contributed by atoms with Crippen molar-refractivity contribution >= 4 is 0 Å². The van der Waals surface area contributed by atoms with E-state index in [1.165, 1.54) is 0 Å². The van der Waals surface area contributed by atoms with Gasteiger partial charge in [-0.05, 0) is 13.3 Å². The molecule has 0 spiro atoms. The molecule has 0 aliphatic carbocycles. The minimum Gasteiger partial charge on any atom is -0.368 e. The zero-order chi connectivity index (χ0) is 10.6. The predicted molar refractivity (Wildman–Crippen MR) is 53.5 cm³/mol. The van der Waals surface area contributed by atoms with Crippen molar-refractivity contribution in [1.29, 1.82) is 0 Å². The molecule has 1 aromatic rings. The van der Waals surface area contributed by atoms with Gasteiger partial charge < -0.3 is 10.5 Å². The highest BCUT2D eigenvalue weighted by Gasteiger charge is 2.20. The van der Waals surface area contributed by atoms with Gasteiger partial charge in [0.2, 0.25) is 0 Å². The van der Waals surface area contributed by atoms with Crippen LogP contribution < -0.4 is 5.73 Å². The van der Waals surface area contributed by atoms with Gasteiger partial charge in [-0.2, -0.15) is 0 Å². The van der Waals surface area contributed by atoms with Crippen LogP contribution >= 0.6 is 0 Å². The van der Waals surface area contributed by atoms with E-state index in [9.17, 15) is 0 Å².